The molecule has 0 fully saturated rings. The van der Waals surface area contributed by atoms with E-state index in [4.69, 9.17) is 47.6 Å². The monoisotopic (exact) mass is 1810 g/mol. The molecule has 0 saturated carbocycles. The molecule has 14 aromatic rings. The van der Waals surface area contributed by atoms with E-state index in [1.165, 1.54) is 110 Å². The van der Waals surface area contributed by atoms with Crippen molar-refractivity contribution in [3.8, 4) is 85.1 Å². The number of hydrogen-bond donors (Lipinski definition) is 3. The van der Waals surface area contributed by atoms with Gasteiger partial charge in [-0.15, -0.1) is 0 Å². The zero-order chi connectivity index (χ0) is 84.9. The number of ether oxygens (including phenoxy) is 3. The van der Waals surface area contributed by atoms with Crippen molar-refractivity contribution in [3.63, 3.8) is 0 Å². The summed E-state index contributed by atoms with van der Waals surface area (Å²) in [6.45, 7) is 1.35. The predicted molar refractivity (Wildman–Crippen MR) is 433 cm³/mol. The van der Waals surface area contributed by atoms with Crippen LogP contribution in [0, 0.1) is 18.6 Å². The molecule has 123 heavy (non-hydrogen) atoms. The van der Waals surface area contributed by atoms with Crippen LogP contribution in [-0.2, 0) is 39.0 Å². The Balaban J connectivity index is 0.000000289. The van der Waals surface area contributed by atoms with Crippen LogP contribution in [0.4, 0.5) is 8.78 Å². The molecule has 0 heterocycles. The van der Waals surface area contributed by atoms with Crippen LogP contribution < -0.4 is 143 Å². The second-order valence-electron chi connectivity index (χ2n) is 25.1. The van der Waals surface area contributed by atoms with E-state index in [9.17, 15) is 69.5 Å². The third-order valence-corrected chi connectivity index (χ3v) is 21.2. The molecule has 0 atom stereocenters. The molecule has 14 aromatic carbocycles. The molecule has 0 aliphatic heterocycles. The molecule has 34 heteroatoms. The first kappa shape index (κ1) is 101. The van der Waals surface area contributed by atoms with Crippen molar-refractivity contribution in [2.75, 3.05) is 0 Å². The van der Waals surface area contributed by atoms with E-state index in [1.54, 1.807) is 133 Å². The van der Waals surface area contributed by atoms with Gasteiger partial charge in [-0.05, 0) is 264 Å². The molecule has 0 spiro atoms. The Kier molecular flexibility index (Phi) is 39.7. The summed E-state index contributed by atoms with van der Waals surface area (Å²) in [7, 11) is -10.1. The van der Waals surface area contributed by atoms with E-state index < -0.39 is 58.3 Å². The van der Waals surface area contributed by atoms with Crippen molar-refractivity contribution in [3.05, 3.63) is 387 Å². The predicted octanol–water partition coefficient (Wildman–Crippen LogP) is 7.34. The summed E-state index contributed by atoms with van der Waals surface area (Å²) in [5, 5.41) is 53.4. The van der Waals surface area contributed by atoms with Gasteiger partial charge in [-0.2, -0.15) is 8.67 Å². The van der Waals surface area contributed by atoms with Gasteiger partial charge < -0.3 is 49.2 Å². The number of phenolic OH excluding ortho intramolecular Hbond substituents is 3. The van der Waals surface area contributed by atoms with Gasteiger partial charge in [0.05, 0.1) is 39.0 Å². The third-order valence-electron chi connectivity index (χ3n) is 17.2. The van der Waals surface area contributed by atoms with Crippen LogP contribution in [0.1, 0.15) is 69.2 Å². The minimum Gasteiger partial charge on any atom is -0.744 e. The van der Waals surface area contributed by atoms with Gasteiger partial charge in [0.1, 0.15) is 88.5 Å². The van der Waals surface area contributed by atoms with Crippen LogP contribution >= 0.6 is 47.3 Å². The average Bonchev–Trinajstić information content (AvgIpc) is 0.774. The van der Waals surface area contributed by atoms with Crippen molar-refractivity contribution < 1.29 is 231 Å². The fourth-order valence-corrected chi connectivity index (χ4v) is 14.8. The maximum atomic E-state index is 13.4. The topological polar surface area (TPSA) is 354 Å². The minimum atomic E-state index is -5.09. The molecule has 0 aromatic heterocycles. The number of rotatable bonds is 25. The van der Waals surface area contributed by atoms with Crippen molar-refractivity contribution >= 4 is 90.7 Å². The molecule has 0 bridgehead atoms. The van der Waals surface area contributed by atoms with E-state index >= 15 is 0 Å². The number of benzene rings is 14. The number of carbonyl (C=O) groups is 4. The number of ketones is 4. The molecule has 0 unspecified atom stereocenters. The van der Waals surface area contributed by atoms with E-state index in [1.807, 2.05) is 72.8 Å². The second kappa shape index (κ2) is 48.1. The van der Waals surface area contributed by atoms with E-state index in [2.05, 4.69) is 18.7 Å². The molecule has 0 saturated heterocycles. The van der Waals surface area contributed by atoms with Gasteiger partial charge in [0, 0.05) is 54.3 Å². The molecular weight excluding hydrogens is 1750 g/mol. The first-order valence-corrected chi connectivity index (χ1v) is 39.8. The average molecular weight is 1810 g/mol. The van der Waals surface area contributed by atoms with Crippen molar-refractivity contribution in [2.24, 2.45) is 0 Å². The summed E-state index contributed by atoms with van der Waals surface area (Å²) >= 11 is 12.7. The summed E-state index contributed by atoms with van der Waals surface area (Å²) in [5.74, 6) is 0.669. The molecular formula is C89H58Cl2F2Na4O22S4. The van der Waals surface area contributed by atoms with E-state index in [0.717, 1.165) is 39.4 Å². The molecule has 0 aliphatic carbocycles. The quantitative estimate of drug-likeness (QED) is 0.0126. The minimum absolute atomic E-state index is 0. The van der Waals surface area contributed by atoms with Gasteiger partial charge >= 0.3 is 118 Å². The summed E-state index contributed by atoms with van der Waals surface area (Å²) in [4.78, 5) is 50.2. The van der Waals surface area contributed by atoms with Crippen molar-refractivity contribution in [2.45, 2.75) is 26.5 Å². The largest absolute Gasteiger partial charge is 1.00 e. The molecule has 602 valence electrons. The zero-order valence-corrected chi connectivity index (χ0v) is 78.0. The van der Waals surface area contributed by atoms with Gasteiger partial charge in [0.15, 0.2) is 23.1 Å². The fraction of sp³-hybridized carbons (Fsp3) is 0.0112. The van der Waals surface area contributed by atoms with Crippen LogP contribution in [0.15, 0.2) is 335 Å². The number of carbonyl (C=O) groups excluding carboxylic acids is 4. The van der Waals surface area contributed by atoms with Crippen LogP contribution in [0.25, 0.3) is 33.4 Å². The van der Waals surface area contributed by atoms with Gasteiger partial charge in [-0.1, -0.05) is 120 Å². The smallest absolute Gasteiger partial charge is 0.744 e. The van der Waals surface area contributed by atoms with Crippen molar-refractivity contribution in [1.82, 2.24) is 0 Å². The van der Waals surface area contributed by atoms with Crippen LogP contribution in [0.5, 0.6) is 51.7 Å². The Bertz CT molecular complexity index is 6100. The van der Waals surface area contributed by atoms with E-state index in [-0.39, 0.29) is 191 Å². The van der Waals surface area contributed by atoms with Crippen LogP contribution in [0.3, 0.4) is 0 Å². The van der Waals surface area contributed by atoms with Gasteiger partial charge in [0.25, 0.3) is 0 Å². The van der Waals surface area contributed by atoms with Crippen molar-refractivity contribution in [1.29, 1.82) is 0 Å². The Morgan fingerprint density at radius 2 is 0.626 bits per heavy atom. The Morgan fingerprint density at radius 3 is 0.943 bits per heavy atom. The Morgan fingerprint density at radius 1 is 0.341 bits per heavy atom. The van der Waals surface area contributed by atoms with Gasteiger partial charge in [-0.3, -0.25) is 29.3 Å². The van der Waals surface area contributed by atoms with Gasteiger partial charge in [0.2, 0.25) is 0 Å². The number of phenols is 3. The molecule has 0 aliphatic rings. The number of halogens is 4. The molecule has 3 N–H and O–H groups in total. The summed E-state index contributed by atoms with van der Waals surface area (Å²) in [6.07, 6.45) is 0. The van der Waals surface area contributed by atoms with Gasteiger partial charge in [-0.25, -0.2) is 25.6 Å². The first-order chi connectivity index (χ1) is 57.1. The third kappa shape index (κ3) is 28.6. The Labute approximate surface area is 811 Å². The summed E-state index contributed by atoms with van der Waals surface area (Å²) in [6, 6.07) is 83.6. The maximum Gasteiger partial charge on any atom is 1.00 e. The number of hydrogen-bond acceptors (Lipinski definition) is 24. The zero-order valence-electron chi connectivity index (χ0n) is 65.3. The second-order valence-corrected chi connectivity index (χ2v) is 30.1. The molecule has 0 amide bonds. The maximum absolute atomic E-state index is 13.4. The molecule has 0 radical (unpaired) electrons. The fourth-order valence-electron chi connectivity index (χ4n) is 11.4. The van der Waals surface area contributed by atoms with Crippen LogP contribution in [-0.4, -0.2) is 64.4 Å². The SMILES string of the molecule is Cc1c(C(=O)c2cccc(SOO[O-])c2)ccc(Oc2ccc(-c3ccc(Oc4ccc(C(=O)c5ccc(Oc6ccc(-c7ccc(O)cc7)cc6)cc5)cc4)cc3)cc2)c1S(=O)(=O)[O-].O=C(c1ccc(F)cc1)c1ccc(F)cc1.O=C(c1cccc(SOO[O-])c1)c1ccc(Cl)c(S(=O)(=O)[O-])c1Cl.Oc1ccc(-c2ccc(O)cc2)cc1.[Na+].[Na+].[Na+].[Na+]. The normalized spacial score (nSPS) is 10.6. The molecule has 22 nitrogen and oxygen atoms in total. The molecule has 14 rings (SSSR count). The Hall–Kier alpha value is -8.72. The standard InChI is InChI=1S/C51H36O12S2.C13H8Cl2O7S2.C13H8F2O.C12H10O2.4Na/c1-32-47(50(54)39-3-2-4-46(31-39)64-63-62-55)29-30-48(51(32)65(56,57)58)61-45-23-11-36(12-24-45)35-9-21-42(22-10-35)60-44-27-15-38(16-28-44)49(53)37-13-25-43(26-14-37)59-41-19-7-34(8-20-41)33-5-17-40(52)18-6-33;14-10-5-4-9(11(15)13(10)24(18,19)20)12(16)7-2-1-3-8(6-7)23-22-21-17;14-11-5-1-9(2-6-11)13(16)10-3-7-12(15)8-4-10;13-11-5-1-9(2-6-11)10-3-7-12(14)8-4-10;;;;/h2-31,52,55H,1H3,(H,56,57,58);1-6,17H,(H,18,19,20);1-8H;1-8,13-14H;;;;/q;;;;4*+1/p-4. The van der Waals surface area contributed by atoms with Crippen LogP contribution in [0.2, 0.25) is 10.0 Å². The summed E-state index contributed by atoms with van der Waals surface area (Å²) in [5.41, 5.74) is 7.37. The first-order valence-electron chi connectivity index (χ1n) is 34.7. The number of aromatic hydroxyl groups is 3. The van der Waals surface area contributed by atoms with E-state index in [0.29, 0.717) is 79.1 Å². The summed E-state index contributed by atoms with van der Waals surface area (Å²) < 4.78 is 123.